The number of methoxy groups -OCH3 is 1. The molecule has 3 fully saturated rings. The van der Waals surface area contributed by atoms with E-state index in [4.69, 9.17) is 9.47 Å². The summed E-state index contributed by atoms with van der Waals surface area (Å²) in [5.41, 5.74) is -0.794. The van der Waals surface area contributed by atoms with Gasteiger partial charge in [-0.2, -0.15) is 0 Å². The van der Waals surface area contributed by atoms with Crippen LogP contribution >= 0.6 is 0 Å². The first-order valence-electron chi connectivity index (χ1n) is 5.29. The van der Waals surface area contributed by atoms with Gasteiger partial charge >= 0.3 is 5.97 Å². The van der Waals surface area contributed by atoms with Crippen molar-refractivity contribution in [3.05, 3.63) is 0 Å². The third-order valence-electron chi connectivity index (χ3n) is 3.87. The molecule has 0 aromatic carbocycles. The highest BCUT2D eigenvalue weighted by Gasteiger charge is 2.55. The standard InChI is InChI=1S/C11H18O3/c1-10-6-4-8(5-7-10)11(2,14-10)9(12)13-3/h8H,4-7H2,1-3H3/t8?,10?,11-/m0/s1. The number of carbonyl (C=O) groups is 1. The summed E-state index contributed by atoms with van der Waals surface area (Å²) in [7, 11) is 1.43. The minimum absolute atomic E-state index is 0.0995. The molecule has 2 bridgehead atoms. The van der Waals surface area contributed by atoms with E-state index in [1.54, 1.807) is 0 Å². The minimum Gasteiger partial charge on any atom is -0.467 e. The summed E-state index contributed by atoms with van der Waals surface area (Å²) in [4.78, 5) is 11.7. The van der Waals surface area contributed by atoms with Crippen molar-refractivity contribution in [3.63, 3.8) is 0 Å². The van der Waals surface area contributed by atoms with Crippen LogP contribution in [0.15, 0.2) is 0 Å². The van der Waals surface area contributed by atoms with Gasteiger partial charge in [0.25, 0.3) is 0 Å². The number of esters is 1. The number of rotatable bonds is 1. The van der Waals surface area contributed by atoms with E-state index in [1.165, 1.54) is 7.11 Å². The maximum Gasteiger partial charge on any atom is 0.338 e. The molecule has 0 radical (unpaired) electrons. The lowest BCUT2D eigenvalue weighted by molar-refractivity contribution is -0.245. The third-order valence-corrected chi connectivity index (χ3v) is 3.87. The van der Waals surface area contributed by atoms with Crippen LogP contribution in [0.25, 0.3) is 0 Å². The summed E-state index contributed by atoms with van der Waals surface area (Å²) in [6, 6.07) is 0. The zero-order chi connectivity index (χ0) is 10.4. The normalized spacial score (nSPS) is 46.4. The summed E-state index contributed by atoms with van der Waals surface area (Å²) in [5.74, 6) is 0.130. The fourth-order valence-corrected chi connectivity index (χ4v) is 2.89. The lowest BCUT2D eigenvalue weighted by atomic mass is 9.68. The van der Waals surface area contributed by atoms with E-state index in [1.807, 2.05) is 6.92 Å². The zero-order valence-corrected chi connectivity index (χ0v) is 9.13. The van der Waals surface area contributed by atoms with Crippen molar-refractivity contribution in [2.45, 2.75) is 50.7 Å². The molecule has 2 saturated heterocycles. The van der Waals surface area contributed by atoms with Crippen LogP contribution in [-0.4, -0.2) is 24.3 Å². The van der Waals surface area contributed by atoms with Crippen molar-refractivity contribution in [3.8, 4) is 0 Å². The molecule has 3 rings (SSSR count). The van der Waals surface area contributed by atoms with Gasteiger partial charge in [-0.1, -0.05) is 0 Å². The number of fused-ring (bicyclic) bond motifs is 3. The average molecular weight is 198 g/mol. The van der Waals surface area contributed by atoms with Crippen LogP contribution in [0, 0.1) is 5.92 Å². The molecule has 0 aromatic rings. The molecule has 1 atom stereocenters. The number of carbonyl (C=O) groups excluding carboxylic acids is 1. The summed E-state index contributed by atoms with van der Waals surface area (Å²) in [6.45, 7) is 3.98. The number of hydrogen-bond donors (Lipinski definition) is 0. The van der Waals surface area contributed by atoms with E-state index in [0.717, 1.165) is 25.7 Å². The van der Waals surface area contributed by atoms with Gasteiger partial charge in [0.15, 0.2) is 5.60 Å². The summed E-state index contributed by atoms with van der Waals surface area (Å²) < 4.78 is 10.8. The van der Waals surface area contributed by atoms with Gasteiger partial charge in [-0.3, -0.25) is 0 Å². The van der Waals surface area contributed by atoms with Crippen LogP contribution in [0.4, 0.5) is 0 Å². The van der Waals surface area contributed by atoms with Gasteiger partial charge in [-0.25, -0.2) is 4.79 Å². The van der Waals surface area contributed by atoms with Crippen LogP contribution < -0.4 is 0 Å². The maximum absolute atomic E-state index is 11.7. The van der Waals surface area contributed by atoms with E-state index in [2.05, 4.69) is 6.92 Å². The molecular weight excluding hydrogens is 180 g/mol. The first-order valence-corrected chi connectivity index (χ1v) is 5.29. The van der Waals surface area contributed by atoms with Crippen LogP contribution in [0.5, 0.6) is 0 Å². The smallest absolute Gasteiger partial charge is 0.338 e. The average Bonchev–Trinajstić information content (AvgIpc) is 2.16. The van der Waals surface area contributed by atoms with Crippen molar-refractivity contribution < 1.29 is 14.3 Å². The molecule has 1 saturated carbocycles. The van der Waals surface area contributed by atoms with E-state index >= 15 is 0 Å². The van der Waals surface area contributed by atoms with Gasteiger partial charge in [0.05, 0.1) is 12.7 Å². The Balaban J connectivity index is 2.25. The van der Waals surface area contributed by atoms with Crippen molar-refractivity contribution in [2.24, 2.45) is 5.92 Å². The highest BCUT2D eigenvalue weighted by Crippen LogP contribution is 2.49. The monoisotopic (exact) mass is 198 g/mol. The molecule has 2 heterocycles. The minimum atomic E-state index is -0.694. The second-order valence-corrected chi connectivity index (χ2v) is 4.92. The molecule has 0 N–H and O–H groups in total. The lowest BCUT2D eigenvalue weighted by Gasteiger charge is -2.53. The maximum atomic E-state index is 11.7. The molecule has 14 heavy (non-hydrogen) atoms. The molecule has 3 heteroatoms. The van der Waals surface area contributed by atoms with E-state index < -0.39 is 5.60 Å². The van der Waals surface area contributed by atoms with Gasteiger partial charge in [0.2, 0.25) is 0 Å². The third kappa shape index (κ3) is 1.26. The Labute approximate surface area is 84.8 Å². The van der Waals surface area contributed by atoms with Gasteiger partial charge < -0.3 is 9.47 Å². The molecule has 0 aromatic heterocycles. The Bertz CT molecular complexity index is 253. The zero-order valence-electron chi connectivity index (χ0n) is 9.13. The fraction of sp³-hybridized carbons (Fsp3) is 0.909. The van der Waals surface area contributed by atoms with Gasteiger partial charge in [-0.05, 0) is 45.4 Å². The second-order valence-electron chi connectivity index (χ2n) is 4.92. The van der Waals surface area contributed by atoms with Gasteiger partial charge in [0, 0.05) is 0 Å². The molecule has 3 nitrogen and oxygen atoms in total. The van der Waals surface area contributed by atoms with Crippen molar-refractivity contribution >= 4 is 5.97 Å². The largest absolute Gasteiger partial charge is 0.467 e. The molecule has 0 unspecified atom stereocenters. The van der Waals surface area contributed by atoms with E-state index in [0.29, 0.717) is 5.92 Å². The van der Waals surface area contributed by atoms with Crippen molar-refractivity contribution in [1.82, 2.24) is 0 Å². The SMILES string of the molecule is COC(=O)[C@@]1(C)OC2(C)CCC1CC2. The quantitative estimate of drug-likeness (QED) is 0.604. The summed E-state index contributed by atoms with van der Waals surface area (Å²) >= 11 is 0. The first-order chi connectivity index (χ1) is 6.50. The molecule has 3 aliphatic rings. The first kappa shape index (κ1) is 9.97. The molecule has 0 spiro atoms. The van der Waals surface area contributed by atoms with Gasteiger partial charge in [0.1, 0.15) is 0 Å². The molecule has 1 aliphatic carbocycles. The Morgan fingerprint density at radius 3 is 2.36 bits per heavy atom. The fourth-order valence-electron chi connectivity index (χ4n) is 2.89. The highest BCUT2D eigenvalue weighted by atomic mass is 16.6. The molecule has 80 valence electrons. The summed E-state index contributed by atoms with van der Waals surface area (Å²) in [5, 5.41) is 0. The van der Waals surface area contributed by atoms with Crippen LogP contribution in [0.2, 0.25) is 0 Å². The van der Waals surface area contributed by atoms with Crippen LogP contribution in [-0.2, 0) is 14.3 Å². The topological polar surface area (TPSA) is 35.5 Å². The molecule has 2 aliphatic heterocycles. The molecule has 0 amide bonds. The van der Waals surface area contributed by atoms with E-state index in [-0.39, 0.29) is 11.6 Å². The predicted octanol–water partition coefficient (Wildman–Crippen LogP) is 1.90. The van der Waals surface area contributed by atoms with Crippen LogP contribution in [0.3, 0.4) is 0 Å². The summed E-state index contributed by atoms with van der Waals surface area (Å²) in [6.07, 6.45) is 4.32. The Hall–Kier alpha value is -0.570. The van der Waals surface area contributed by atoms with Crippen molar-refractivity contribution in [2.75, 3.05) is 7.11 Å². The van der Waals surface area contributed by atoms with E-state index in [9.17, 15) is 4.79 Å². The Morgan fingerprint density at radius 1 is 1.36 bits per heavy atom. The molecular formula is C11H18O3. The van der Waals surface area contributed by atoms with Gasteiger partial charge in [-0.15, -0.1) is 0 Å². The second kappa shape index (κ2) is 2.96. The predicted molar refractivity (Wildman–Crippen MR) is 51.9 cm³/mol. The number of hydrogen-bond acceptors (Lipinski definition) is 3. The lowest BCUT2D eigenvalue weighted by Crippen LogP contribution is -2.59. The Kier molecular flexibility index (Phi) is 2.11. The highest BCUT2D eigenvalue weighted by molar-refractivity contribution is 5.79. The van der Waals surface area contributed by atoms with Crippen molar-refractivity contribution in [1.29, 1.82) is 0 Å². The number of ether oxygens (including phenoxy) is 2. The van der Waals surface area contributed by atoms with Crippen LogP contribution in [0.1, 0.15) is 39.5 Å². The Morgan fingerprint density at radius 2 is 1.93 bits per heavy atom.